The van der Waals surface area contributed by atoms with Gasteiger partial charge < -0.3 is 9.64 Å². The molecule has 1 aromatic rings. The Morgan fingerprint density at radius 1 is 1.50 bits per heavy atom. The van der Waals surface area contributed by atoms with Crippen molar-refractivity contribution in [2.24, 2.45) is 5.92 Å². The number of nitrogens with zero attached hydrogens (tertiary/aromatic N) is 3. The highest BCUT2D eigenvalue weighted by molar-refractivity contribution is 5.78. The average Bonchev–Trinajstić information content (AvgIpc) is 2.77. The number of hydrogen-bond acceptors (Lipinski definition) is 4. The molecular formula is C15H23N3O2. The Labute approximate surface area is 120 Å². The van der Waals surface area contributed by atoms with E-state index in [0.29, 0.717) is 25.5 Å². The fraction of sp³-hybridized carbons (Fsp3) is 0.667. The average molecular weight is 277 g/mol. The second-order valence-electron chi connectivity index (χ2n) is 5.35. The fourth-order valence-electron chi connectivity index (χ4n) is 2.70. The molecule has 0 N–H and O–H groups in total. The van der Waals surface area contributed by atoms with E-state index in [1.165, 1.54) is 5.56 Å². The number of hydrogen-bond donors (Lipinski definition) is 0. The number of methoxy groups -OCH3 is 1. The maximum atomic E-state index is 11.9. The van der Waals surface area contributed by atoms with Crippen LogP contribution in [-0.4, -0.2) is 47.6 Å². The monoisotopic (exact) mass is 277 g/mol. The largest absolute Gasteiger partial charge is 0.383 e. The van der Waals surface area contributed by atoms with Crippen LogP contribution in [0.1, 0.15) is 30.4 Å². The maximum absolute atomic E-state index is 11.9. The number of aryl methyl sites for hydroxylation is 2. The Balaban J connectivity index is 2.01. The quantitative estimate of drug-likeness (QED) is 0.788. The number of amides is 1. The zero-order chi connectivity index (χ0) is 14.5. The second-order valence-corrected chi connectivity index (χ2v) is 5.35. The van der Waals surface area contributed by atoms with Crippen LogP contribution in [0.2, 0.25) is 0 Å². The van der Waals surface area contributed by atoms with E-state index in [1.807, 2.05) is 18.0 Å². The van der Waals surface area contributed by atoms with E-state index in [2.05, 4.69) is 16.9 Å². The van der Waals surface area contributed by atoms with Crippen LogP contribution >= 0.6 is 0 Å². The van der Waals surface area contributed by atoms with Gasteiger partial charge in [-0.25, -0.2) is 9.97 Å². The van der Waals surface area contributed by atoms with E-state index in [1.54, 1.807) is 7.11 Å². The first kappa shape index (κ1) is 14.9. The minimum atomic E-state index is 0.232. The van der Waals surface area contributed by atoms with Gasteiger partial charge in [-0.3, -0.25) is 4.79 Å². The summed E-state index contributed by atoms with van der Waals surface area (Å²) in [5, 5.41) is 0. The van der Waals surface area contributed by atoms with Crippen LogP contribution in [-0.2, 0) is 22.4 Å². The molecule has 1 aliphatic rings. The van der Waals surface area contributed by atoms with Gasteiger partial charge >= 0.3 is 0 Å². The molecule has 1 atom stereocenters. The third kappa shape index (κ3) is 3.54. The van der Waals surface area contributed by atoms with Gasteiger partial charge in [0.05, 0.1) is 6.61 Å². The Hall–Kier alpha value is -1.49. The molecule has 1 unspecified atom stereocenters. The minimum absolute atomic E-state index is 0.232. The fourth-order valence-corrected chi connectivity index (χ4v) is 2.70. The highest BCUT2D eigenvalue weighted by Gasteiger charge is 2.29. The number of likely N-dealkylation sites (tertiary alicyclic amines) is 1. The Kier molecular flexibility index (Phi) is 5.06. The van der Waals surface area contributed by atoms with E-state index in [0.717, 1.165) is 30.9 Å². The highest BCUT2D eigenvalue weighted by atomic mass is 16.5. The molecule has 1 aliphatic heterocycles. The number of ether oxygens (including phenoxy) is 1. The number of aromatic nitrogens is 2. The van der Waals surface area contributed by atoms with Crippen LogP contribution in [0, 0.1) is 12.8 Å². The molecule has 2 heterocycles. The first-order valence-corrected chi connectivity index (χ1v) is 7.22. The summed E-state index contributed by atoms with van der Waals surface area (Å²) in [6, 6.07) is 0. The first-order valence-electron chi connectivity index (χ1n) is 7.22. The van der Waals surface area contributed by atoms with Gasteiger partial charge in [-0.2, -0.15) is 0 Å². The van der Waals surface area contributed by atoms with Crippen molar-refractivity contribution in [3.63, 3.8) is 0 Å². The Bertz CT molecular complexity index is 476. The molecule has 20 heavy (non-hydrogen) atoms. The molecule has 5 nitrogen and oxygen atoms in total. The van der Waals surface area contributed by atoms with E-state index in [9.17, 15) is 4.79 Å². The SMILES string of the molecule is CCc1cnc(C)nc1CC1CC(=O)N(CCOC)C1. The molecule has 0 radical (unpaired) electrons. The van der Waals surface area contributed by atoms with Crippen molar-refractivity contribution in [3.8, 4) is 0 Å². The molecule has 5 heteroatoms. The van der Waals surface area contributed by atoms with Crippen LogP contribution in [0.25, 0.3) is 0 Å². The number of rotatable bonds is 6. The van der Waals surface area contributed by atoms with Gasteiger partial charge in [0, 0.05) is 38.5 Å². The van der Waals surface area contributed by atoms with Gasteiger partial charge in [-0.05, 0) is 31.2 Å². The summed E-state index contributed by atoms with van der Waals surface area (Å²) < 4.78 is 5.04. The van der Waals surface area contributed by atoms with Crippen LogP contribution in [0.4, 0.5) is 0 Å². The van der Waals surface area contributed by atoms with Crippen molar-refractivity contribution in [2.75, 3.05) is 26.8 Å². The molecular weight excluding hydrogens is 254 g/mol. The molecule has 0 saturated carbocycles. The van der Waals surface area contributed by atoms with Crippen molar-refractivity contribution in [3.05, 3.63) is 23.3 Å². The van der Waals surface area contributed by atoms with Crippen molar-refractivity contribution in [1.82, 2.24) is 14.9 Å². The summed E-state index contributed by atoms with van der Waals surface area (Å²) in [5.41, 5.74) is 2.30. The van der Waals surface area contributed by atoms with Crippen molar-refractivity contribution in [1.29, 1.82) is 0 Å². The summed E-state index contributed by atoms with van der Waals surface area (Å²) >= 11 is 0. The number of carbonyl (C=O) groups excluding carboxylic acids is 1. The van der Waals surface area contributed by atoms with Crippen molar-refractivity contribution < 1.29 is 9.53 Å². The predicted octanol–water partition coefficient (Wildman–Crippen LogP) is 1.38. The van der Waals surface area contributed by atoms with Crippen LogP contribution in [0.5, 0.6) is 0 Å². The molecule has 0 spiro atoms. The summed E-state index contributed by atoms with van der Waals surface area (Å²) in [5.74, 6) is 1.40. The maximum Gasteiger partial charge on any atom is 0.223 e. The lowest BCUT2D eigenvalue weighted by Crippen LogP contribution is -2.29. The lowest BCUT2D eigenvalue weighted by atomic mass is 9.99. The van der Waals surface area contributed by atoms with Gasteiger partial charge in [0.2, 0.25) is 5.91 Å². The van der Waals surface area contributed by atoms with E-state index >= 15 is 0 Å². The van der Waals surface area contributed by atoms with Gasteiger partial charge in [0.1, 0.15) is 5.82 Å². The first-order chi connectivity index (χ1) is 9.63. The Morgan fingerprint density at radius 3 is 3.00 bits per heavy atom. The van der Waals surface area contributed by atoms with Crippen LogP contribution in [0.15, 0.2) is 6.20 Å². The summed E-state index contributed by atoms with van der Waals surface area (Å²) in [6.45, 7) is 6.13. The second kappa shape index (κ2) is 6.79. The molecule has 1 saturated heterocycles. The van der Waals surface area contributed by atoms with E-state index in [4.69, 9.17) is 4.74 Å². The lowest BCUT2D eigenvalue weighted by Gasteiger charge is -2.16. The molecule has 0 aromatic carbocycles. The third-order valence-electron chi connectivity index (χ3n) is 3.80. The van der Waals surface area contributed by atoms with Crippen molar-refractivity contribution in [2.45, 2.75) is 33.1 Å². The smallest absolute Gasteiger partial charge is 0.223 e. The van der Waals surface area contributed by atoms with E-state index in [-0.39, 0.29) is 5.91 Å². The summed E-state index contributed by atoms with van der Waals surface area (Å²) in [7, 11) is 1.66. The van der Waals surface area contributed by atoms with Gasteiger partial charge in [0.15, 0.2) is 0 Å². The van der Waals surface area contributed by atoms with Crippen LogP contribution in [0.3, 0.4) is 0 Å². The third-order valence-corrected chi connectivity index (χ3v) is 3.80. The van der Waals surface area contributed by atoms with Gasteiger partial charge in [-0.15, -0.1) is 0 Å². The molecule has 1 amide bonds. The number of carbonyl (C=O) groups is 1. The van der Waals surface area contributed by atoms with Crippen molar-refractivity contribution >= 4 is 5.91 Å². The van der Waals surface area contributed by atoms with Gasteiger partial charge in [0.25, 0.3) is 0 Å². The molecule has 1 aromatic heterocycles. The molecule has 0 aliphatic carbocycles. The molecule has 2 rings (SSSR count). The molecule has 110 valence electrons. The summed E-state index contributed by atoms with van der Waals surface area (Å²) in [6.07, 6.45) is 4.33. The lowest BCUT2D eigenvalue weighted by molar-refractivity contribution is -0.128. The van der Waals surface area contributed by atoms with Gasteiger partial charge in [-0.1, -0.05) is 6.92 Å². The zero-order valence-electron chi connectivity index (χ0n) is 12.6. The zero-order valence-corrected chi connectivity index (χ0v) is 12.6. The topological polar surface area (TPSA) is 55.3 Å². The minimum Gasteiger partial charge on any atom is -0.383 e. The predicted molar refractivity (Wildman–Crippen MR) is 76.4 cm³/mol. The molecule has 1 fully saturated rings. The summed E-state index contributed by atoms with van der Waals surface area (Å²) in [4.78, 5) is 22.6. The Morgan fingerprint density at radius 2 is 2.30 bits per heavy atom. The standard InChI is InChI=1S/C15H23N3O2/c1-4-13-9-16-11(2)17-14(13)7-12-8-15(19)18(10-12)5-6-20-3/h9,12H,4-8,10H2,1-3H3. The normalized spacial score (nSPS) is 18.9. The van der Waals surface area contributed by atoms with E-state index < -0.39 is 0 Å². The van der Waals surface area contributed by atoms with Crippen LogP contribution < -0.4 is 0 Å². The highest BCUT2D eigenvalue weighted by Crippen LogP contribution is 2.22. The molecule has 0 bridgehead atoms.